The molecule has 262 valence electrons. The molecule has 0 aliphatic rings. The van der Waals surface area contributed by atoms with E-state index in [4.69, 9.17) is 15.0 Å². The molecule has 0 aliphatic heterocycles. The number of rotatable bonds is 6. The van der Waals surface area contributed by atoms with Crippen LogP contribution >= 0.6 is 11.3 Å². The first kappa shape index (κ1) is 32.2. The van der Waals surface area contributed by atoms with Gasteiger partial charge in [0.15, 0.2) is 17.5 Å². The summed E-state index contributed by atoms with van der Waals surface area (Å²) in [6, 6.07) is 68.6. The largest absolute Gasteiger partial charge is 0.309 e. The minimum Gasteiger partial charge on any atom is -0.309 e. The van der Waals surface area contributed by atoms with Crippen molar-refractivity contribution in [3.05, 3.63) is 194 Å². The monoisotopic (exact) mass is 732 g/mol. The van der Waals surface area contributed by atoms with Gasteiger partial charge in [0.05, 0.1) is 11.0 Å². The van der Waals surface area contributed by atoms with Crippen molar-refractivity contribution in [2.24, 2.45) is 0 Å². The summed E-state index contributed by atoms with van der Waals surface area (Å²) in [4.78, 5) is 15.6. The number of fused-ring (bicyclic) bond motifs is 6. The topological polar surface area (TPSA) is 43.6 Å². The van der Waals surface area contributed by atoms with Crippen molar-refractivity contribution in [3.63, 3.8) is 0 Å². The zero-order chi connectivity index (χ0) is 37.0. The molecule has 0 amide bonds. The molecule has 5 heteroatoms. The van der Waals surface area contributed by atoms with E-state index in [1.807, 2.05) is 29.5 Å². The summed E-state index contributed by atoms with van der Waals surface area (Å²) in [5.41, 5.74) is 10.8. The third kappa shape index (κ3) is 5.48. The summed E-state index contributed by atoms with van der Waals surface area (Å²) in [5, 5.41) is 4.89. The molecule has 0 saturated carbocycles. The molecule has 3 heterocycles. The fourth-order valence-corrected chi connectivity index (χ4v) is 9.24. The van der Waals surface area contributed by atoms with E-state index < -0.39 is 0 Å². The van der Waals surface area contributed by atoms with Crippen LogP contribution in [-0.2, 0) is 0 Å². The lowest BCUT2D eigenvalue weighted by atomic mass is 9.95. The zero-order valence-corrected chi connectivity index (χ0v) is 31.0. The molecule has 11 rings (SSSR count). The molecule has 0 atom stereocenters. The molecule has 56 heavy (non-hydrogen) atoms. The van der Waals surface area contributed by atoms with Crippen LogP contribution in [0.4, 0.5) is 0 Å². The standard InChI is InChI=1S/C51H32N4S/c1-4-15-33(16-5-1)36-29-37(40-23-14-24-43-42-22-11-13-26-47(42)56-48(40)43)31-38(30-36)51-53-49(34-17-6-2-7-18-34)52-50(54-51)35-27-28-46-44(32-35)41-21-10-12-25-45(41)55(46)39-19-8-3-9-20-39/h1-32H. The van der Waals surface area contributed by atoms with Crippen molar-refractivity contribution in [2.75, 3.05) is 0 Å². The summed E-state index contributed by atoms with van der Waals surface area (Å²) in [7, 11) is 0. The van der Waals surface area contributed by atoms with Crippen LogP contribution in [0.5, 0.6) is 0 Å². The van der Waals surface area contributed by atoms with E-state index in [2.05, 4.69) is 180 Å². The van der Waals surface area contributed by atoms with Gasteiger partial charge in [-0.15, -0.1) is 11.3 Å². The van der Waals surface area contributed by atoms with Gasteiger partial charge in [0.2, 0.25) is 0 Å². The van der Waals surface area contributed by atoms with E-state index in [0.29, 0.717) is 17.5 Å². The smallest absolute Gasteiger partial charge is 0.164 e. The Balaban J connectivity index is 1.14. The number of para-hydroxylation sites is 2. The first-order chi connectivity index (χ1) is 27.7. The molecule has 0 N–H and O–H groups in total. The third-order valence-electron chi connectivity index (χ3n) is 10.6. The summed E-state index contributed by atoms with van der Waals surface area (Å²) < 4.78 is 4.89. The van der Waals surface area contributed by atoms with Gasteiger partial charge in [0.25, 0.3) is 0 Å². The van der Waals surface area contributed by atoms with E-state index in [-0.39, 0.29) is 0 Å². The first-order valence-electron chi connectivity index (χ1n) is 18.8. The lowest BCUT2D eigenvalue weighted by molar-refractivity contribution is 1.07. The highest BCUT2D eigenvalue weighted by Crippen LogP contribution is 2.42. The van der Waals surface area contributed by atoms with Crippen LogP contribution < -0.4 is 0 Å². The van der Waals surface area contributed by atoms with Crippen LogP contribution in [0.15, 0.2) is 194 Å². The van der Waals surface area contributed by atoms with E-state index in [0.717, 1.165) is 55.5 Å². The number of thiophene rings is 1. The molecule has 4 nitrogen and oxygen atoms in total. The van der Waals surface area contributed by atoms with Crippen LogP contribution in [0.25, 0.3) is 104 Å². The Labute approximate surface area is 327 Å². The Morgan fingerprint density at radius 1 is 0.339 bits per heavy atom. The summed E-state index contributed by atoms with van der Waals surface area (Å²) in [6.45, 7) is 0. The van der Waals surface area contributed by atoms with Gasteiger partial charge in [-0.05, 0) is 82.9 Å². The molecule has 0 spiro atoms. The van der Waals surface area contributed by atoms with Crippen LogP contribution in [-0.4, -0.2) is 19.5 Å². The first-order valence-corrected chi connectivity index (χ1v) is 19.6. The van der Waals surface area contributed by atoms with Gasteiger partial charge in [0, 0.05) is 53.3 Å². The molecule has 0 fully saturated rings. The highest BCUT2D eigenvalue weighted by atomic mass is 32.1. The number of hydrogen-bond donors (Lipinski definition) is 0. The minimum absolute atomic E-state index is 0.628. The number of aromatic nitrogens is 4. The van der Waals surface area contributed by atoms with Crippen molar-refractivity contribution in [1.82, 2.24) is 19.5 Å². The maximum atomic E-state index is 5.29. The molecule has 11 aromatic rings. The van der Waals surface area contributed by atoms with Crippen LogP contribution in [0.3, 0.4) is 0 Å². The van der Waals surface area contributed by atoms with Crippen molar-refractivity contribution >= 4 is 53.3 Å². The van der Waals surface area contributed by atoms with Crippen molar-refractivity contribution in [1.29, 1.82) is 0 Å². The third-order valence-corrected chi connectivity index (χ3v) is 11.8. The van der Waals surface area contributed by atoms with E-state index in [1.54, 1.807) is 0 Å². The molecular formula is C51H32N4S. The number of nitrogens with zero attached hydrogens (tertiary/aromatic N) is 4. The summed E-state index contributed by atoms with van der Waals surface area (Å²) >= 11 is 1.84. The fourth-order valence-electron chi connectivity index (χ4n) is 8.00. The zero-order valence-electron chi connectivity index (χ0n) is 30.2. The molecule has 8 aromatic carbocycles. The van der Waals surface area contributed by atoms with E-state index in [1.165, 1.54) is 31.1 Å². The van der Waals surface area contributed by atoms with Crippen molar-refractivity contribution in [2.45, 2.75) is 0 Å². The average Bonchev–Trinajstić information content (AvgIpc) is 3.83. The normalized spacial score (nSPS) is 11.6. The maximum Gasteiger partial charge on any atom is 0.164 e. The lowest BCUT2D eigenvalue weighted by Crippen LogP contribution is -2.01. The molecular weight excluding hydrogens is 701 g/mol. The van der Waals surface area contributed by atoms with Gasteiger partial charge in [-0.25, -0.2) is 15.0 Å². The minimum atomic E-state index is 0.628. The van der Waals surface area contributed by atoms with Gasteiger partial charge in [0.1, 0.15) is 0 Å². The Morgan fingerprint density at radius 2 is 0.911 bits per heavy atom. The quantitative estimate of drug-likeness (QED) is 0.171. The van der Waals surface area contributed by atoms with E-state index >= 15 is 0 Å². The highest BCUT2D eigenvalue weighted by Gasteiger charge is 2.19. The van der Waals surface area contributed by atoms with E-state index in [9.17, 15) is 0 Å². The fraction of sp³-hybridized carbons (Fsp3) is 0. The molecule has 0 bridgehead atoms. The molecule has 3 aromatic heterocycles. The predicted molar refractivity (Wildman–Crippen MR) is 234 cm³/mol. The van der Waals surface area contributed by atoms with Crippen molar-refractivity contribution in [3.8, 4) is 62.1 Å². The molecule has 0 radical (unpaired) electrons. The van der Waals surface area contributed by atoms with Gasteiger partial charge >= 0.3 is 0 Å². The predicted octanol–water partition coefficient (Wildman–Crippen LogP) is 13.7. The second kappa shape index (κ2) is 13.3. The second-order valence-corrected chi connectivity index (χ2v) is 15.1. The number of hydrogen-bond acceptors (Lipinski definition) is 4. The average molecular weight is 733 g/mol. The van der Waals surface area contributed by atoms with Crippen LogP contribution in [0, 0.1) is 0 Å². The summed E-state index contributed by atoms with van der Waals surface area (Å²) in [5.74, 6) is 1.89. The van der Waals surface area contributed by atoms with Crippen LogP contribution in [0.2, 0.25) is 0 Å². The highest BCUT2D eigenvalue weighted by molar-refractivity contribution is 7.26. The maximum absolute atomic E-state index is 5.29. The van der Waals surface area contributed by atoms with Gasteiger partial charge in [-0.3, -0.25) is 0 Å². The Kier molecular flexibility index (Phi) is 7.64. The van der Waals surface area contributed by atoms with Crippen LogP contribution in [0.1, 0.15) is 0 Å². The second-order valence-electron chi connectivity index (χ2n) is 14.0. The molecule has 0 aliphatic carbocycles. The SMILES string of the molecule is c1ccc(-c2cc(-c3nc(-c4ccccc4)nc(-c4ccc5c(c4)c4ccccc4n5-c4ccccc4)n3)cc(-c3cccc4c3sc3ccccc34)c2)cc1. The van der Waals surface area contributed by atoms with Crippen molar-refractivity contribution < 1.29 is 0 Å². The Hall–Kier alpha value is -7.21. The van der Waals surface area contributed by atoms with Gasteiger partial charge < -0.3 is 4.57 Å². The van der Waals surface area contributed by atoms with Gasteiger partial charge in [-0.2, -0.15) is 0 Å². The Bertz CT molecular complexity index is 3240. The summed E-state index contributed by atoms with van der Waals surface area (Å²) in [6.07, 6.45) is 0. The van der Waals surface area contributed by atoms with Gasteiger partial charge in [-0.1, -0.05) is 133 Å². The molecule has 0 saturated heterocycles. The number of benzene rings is 8. The Morgan fingerprint density at radius 3 is 1.70 bits per heavy atom. The lowest BCUT2D eigenvalue weighted by Gasteiger charge is -2.13. The molecule has 0 unspecified atom stereocenters.